The molecule has 12 aromatic rings. The molecule has 4 amide bonds. The number of rotatable bonds is 22. The fourth-order valence-corrected chi connectivity index (χ4v) is 23.3. The van der Waals surface area contributed by atoms with Crippen LogP contribution in [-0.4, -0.2) is 167 Å². The van der Waals surface area contributed by atoms with Gasteiger partial charge >= 0.3 is 6.18 Å². The quantitative estimate of drug-likeness (QED) is 0.0449. The number of ketones is 4. The molecule has 0 N–H and O–H groups in total. The van der Waals surface area contributed by atoms with Crippen LogP contribution in [0.2, 0.25) is 0 Å². The third-order valence-corrected chi connectivity index (χ3v) is 31.9. The van der Waals surface area contributed by atoms with E-state index >= 15 is 0 Å². The standard InChI is InChI=1S/C31H36N4O2.C30H34F2N4O3.C29H32N4O2.C28H29F3N4O2/c1-19-17-35(31(37)23-9-5-6-10-23)20(2)12-26(19)27-18-34(4)30-29(27)21(3)25(16-33-30)14-28(36)24-11-7-8-22(13-24)15-32;1-17-11-20(9-10-36(17)29(38)19(3)30(4,31)32)24-16-35(5)28-27(24)18(2)23(15-34-28)13-25(37)21-7-8-26(39-6)22(12-21)14-33;1-18(2)28(35)33-11-8-22(14-29(33)9-10-29)24-17-32(4)27-26(24)19(3)23(16-31-27)13-25(34)21-7-5-6-20(12-21)15-30;1-16(2)27(37)35-9-8-19(10-17(35)3)22-15-34(4)26-24(22)25(28(29,30)31)21(14-33-26)12-23(36)20-7-5-6-18(11-20)13-32/h7-8,11,13,16,18-20,23,26H,5-6,9-10,12,14,17H2,1-4H3;7-8,12,15-17,19-20H,9-11,13H2,1-6H3;5-7,12,16-18,22H,8-11,13-14H2,1-4H3;5-7,11,14-17,19H,8-10,12H2,1-4H3/t19-,20+,26?;17-,19+,20+;;17-,19+/m10.0/s1. The topological polar surface area (TPSA) is 325 Å². The first kappa shape index (κ1) is 108. The highest BCUT2D eigenvalue weighted by Crippen LogP contribution is 2.55. The minimum absolute atomic E-state index is 0.0127. The number of nitriles is 4. The van der Waals surface area contributed by atoms with Crippen LogP contribution in [0.1, 0.15) is 307 Å². The Bertz CT molecular complexity index is 7360. The second kappa shape index (κ2) is 44.3. The van der Waals surface area contributed by atoms with Crippen LogP contribution in [-0.2, 0) is 79.2 Å². The van der Waals surface area contributed by atoms with Crippen molar-refractivity contribution in [2.24, 2.45) is 57.8 Å². The molecule has 772 valence electrons. The van der Waals surface area contributed by atoms with Crippen molar-refractivity contribution < 1.29 is 65.0 Å². The van der Waals surface area contributed by atoms with E-state index in [0.29, 0.717) is 107 Å². The Morgan fingerprint density at radius 3 is 1.25 bits per heavy atom. The van der Waals surface area contributed by atoms with E-state index in [-0.39, 0.29) is 129 Å². The number of nitrogens with zero attached hydrogens (tertiary/aromatic N) is 16. The second-order valence-electron chi connectivity index (χ2n) is 42.7. The smallest absolute Gasteiger partial charge is 0.417 e. The minimum atomic E-state index is -4.71. The van der Waals surface area contributed by atoms with Crippen LogP contribution in [0.3, 0.4) is 0 Å². The van der Waals surface area contributed by atoms with E-state index in [1.807, 2.05) is 97.5 Å². The number of halogens is 5. The molecule has 148 heavy (non-hydrogen) atoms. The van der Waals surface area contributed by atoms with Gasteiger partial charge in [0.05, 0.1) is 59.1 Å². The van der Waals surface area contributed by atoms with Crippen LogP contribution in [0.15, 0.2) is 141 Å². The van der Waals surface area contributed by atoms with E-state index in [4.69, 9.17) is 20.0 Å². The van der Waals surface area contributed by atoms with E-state index in [0.717, 1.165) is 143 Å². The molecule has 4 aromatic carbocycles. The third-order valence-electron chi connectivity index (χ3n) is 31.9. The van der Waals surface area contributed by atoms with Gasteiger partial charge in [0.2, 0.25) is 23.6 Å². The lowest BCUT2D eigenvalue weighted by Gasteiger charge is -2.43. The SMILES string of the molecule is CC(C)C(=O)N1CC[C@@H](c2cn(C)c3ncc(CC(=O)c4cccc(C#N)c4)c(C(F)(F)F)c23)C[C@@H]1C.COc1ccc(C(=O)Cc2cnc3c(c([C@@H]4CCN(C(=O)[C@@H](C)C(C)(F)F)[C@@H](C)C4)cn3C)c2C)cc1C#N.Cc1c(CC(=O)c2cccc(C#N)c2)cnc2c1c(C1CCN(C(=O)C(C)C)C3(CC3)C1)cn2C.Cc1c(CC(=O)c2cccc(C#N)c2)cnc2c1c(C1C[C@H](C)N(C(=O)C3CCCC3)C[C@H]1C)cn2C. The Balaban J connectivity index is 0.000000148. The zero-order valence-electron chi connectivity index (χ0n) is 87.8. The lowest BCUT2D eigenvalue weighted by atomic mass is 9.78. The maximum Gasteiger partial charge on any atom is 0.417 e. The number of aryl methyl sites for hydroxylation is 7. The van der Waals surface area contributed by atoms with Gasteiger partial charge in [-0.2, -0.15) is 34.2 Å². The zero-order valence-corrected chi connectivity index (χ0v) is 87.8. The van der Waals surface area contributed by atoms with Crippen molar-refractivity contribution in [1.29, 1.82) is 21.0 Å². The largest absolute Gasteiger partial charge is 0.495 e. The summed E-state index contributed by atoms with van der Waals surface area (Å²) in [6.45, 7) is 26.7. The number of methoxy groups -OCH3 is 1. The Hall–Kier alpha value is -14.4. The van der Waals surface area contributed by atoms with Crippen LogP contribution in [0, 0.1) is 95.7 Å². The summed E-state index contributed by atoms with van der Waals surface area (Å²) in [4.78, 5) is 130. The maximum atomic E-state index is 14.6. The number of alkyl halides is 5. The molecule has 0 bridgehead atoms. The number of Topliss-reactive ketones (excluding diaryl/α,β-unsaturated/α-hetero) is 4. The highest BCUT2D eigenvalue weighted by Gasteiger charge is 2.54. The molecule has 1 spiro atoms. The molecule has 2 unspecified atom stereocenters. The van der Waals surface area contributed by atoms with Gasteiger partial charge in [-0.05, 0) is 264 Å². The van der Waals surface area contributed by atoms with Crippen LogP contribution < -0.4 is 4.74 Å². The predicted molar refractivity (Wildman–Crippen MR) is 556 cm³/mol. The molecule has 2 saturated carbocycles. The maximum absolute atomic E-state index is 14.6. The monoisotopic (exact) mass is 2010 g/mol. The lowest BCUT2D eigenvalue weighted by Crippen LogP contribution is -2.49. The number of pyridine rings is 4. The summed E-state index contributed by atoms with van der Waals surface area (Å²) in [5, 5.41) is 40.2. The van der Waals surface area contributed by atoms with Crippen LogP contribution >= 0.6 is 0 Å². The van der Waals surface area contributed by atoms with E-state index in [9.17, 15) is 76.1 Å². The van der Waals surface area contributed by atoms with E-state index in [1.54, 1.807) is 95.6 Å². The van der Waals surface area contributed by atoms with Crippen molar-refractivity contribution in [2.45, 2.75) is 259 Å². The van der Waals surface area contributed by atoms with Crippen LogP contribution in [0.5, 0.6) is 5.75 Å². The number of piperidine rings is 4. The molecule has 8 aromatic heterocycles. The summed E-state index contributed by atoms with van der Waals surface area (Å²) in [5.41, 5.74) is 15.1. The van der Waals surface area contributed by atoms with Gasteiger partial charge in [0.1, 0.15) is 34.4 Å². The zero-order chi connectivity index (χ0) is 107. The van der Waals surface area contributed by atoms with Crippen LogP contribution in [0.25, 0.3) is 44.1 Å². The first-order valence-corrected chi connectivity index (χ1v) is 51.5. The molecule has 6 aliphatic rings. The number of likely N-dealkylation sites (tertiary alicyclic amines) is 4. The molecule has 0 radical (unpaired) electrons. The second-order valence-corrected chi connectivity index (χ2v) is 42.7. The number of ether oxygens (including phenoxy) is 1. The summed E-state index contributed by atoms with van der Waals surface area (Å²) < 4.78 is 84.3. The number of fused-ring (bicyclic) bond motifs is 4. The van der Waals surface area contributed by atoms with Crippen molar-refractivity contribution in [2.75, 3.05) is 33.3 Å². The molecular weight excluding hydrogens is 1880 g/mol. The molecule has 9 atom stereocenters. The highest BCUT2D eigenvalue weighted by molar-refractivity contribution is 6.02. The summed E-state index contributed by atoms with van der Waals surface area (Å²) in [7, 11) is 9.13. The molecule has 18 rings (SSSR count). The average molecular weight is 2010 g/mol. The fourth-order valence-electron chi connectivity index (χ4n) is 23.3. The number of hydrogen-bond donors (Lipinski definition) is 0. The number of carbonyl (C=O) groups excluding carboxylic acids is 8. The normalized spacial score (nSPS) is 19.5. The van der Waals surface area contributed by atoms with Crippen molar-refractivity contribution in [3.05, 3.63) is 252 Å². The van der Waals surface area contributed by atoms with Gasteiger partial charge < -0.3 is 42.6 Å². The molecule has 2 aliphatic carbocycles. The van der Waals surface area contributed by atoms with Crippen molar-refractivity contribution >= 4 is 90.9 Å². The Morgan fingerprint density at radius 2 is 0.845 bits per heavy atom. The highest BCUT2D eigenvalue weighted by atomic mass is 19.4. The molecule has 12 heterocycles. The Morgan fingerprint density at radius 1 is 0.459 bits per heavy atom. The van der Waals surface area contributed by atoms with Crippen molar-refractivity contribution in [1.82, 2.24) is 57.8 Å². The van der Waals surface area contributed by atoms with E-state index in [2.05, 4.69) is 93.4 Å². The van der Waals surface area contributed by atoms with Gasteiger partial charge in [-0.3, -0.25) is 38.4 Å². The first-order valence-electron chi connectivity index (χ1n) is 51.5. The fraction of sp³-hybridized carbons (Fsp3) is 0.458. The number of amides is 4. The van der Waals surface area contributed by atoms with Crippen molar-refractivity contribution in [3.63, 3.8) is 0 Å². The number of carbonyl (C=O) groups is 8. The first-order chi connectivity index (χ1) is 70.3. The van der Waals surface area contributed by atoms with Gasteiger partial charge in [0, 0.05) is 222 Å². The molecule has 30 heteroatoms. The number of benzene rings is 4. The Kier molecular flexibility index (Phi) is 32.3. The molecular formula is C118H131F5N16O9. The molecule has 6 fully saturated rings. The minimum Gasteiger partial charge on any atom is -0.495 e. The van der Waals surface area contributed by atoms with Crippen molar-refractivity contribution in [3.8, 4) is 30.0 Å². The van der Waals surface area contributed by atoms with Gasteiger partial charge in [0.15, 0.2) is 23.1 Å². The summed E-state index contributed by atoms with van der Waals surface area (Å²) in [6.07, 6.45) is 22.0. The Labute approximate surface area is 861 Å². The van der Waals surface area contributed by atoms with Gasteiger partial charge in [-0.1, -0.05) is 83.9 Å². The van der Waals surface area contributed by atoms with E-state index in [1.165, 1.54) is 62.3 Å². The van der Waals surface area contributed by atoms with Gasteiger partial charge in [-0.25, -0.2) is 28.7 Å². The van der Waals surface area contributed by atoms with Crippen LogP contribution in [0.4, 0.5) is 22.0 Å². The summed E-state index contributed by atoms with van der Waals surface area (Å²) >= 11 is 0. The third kappa shape index (κ3) is 22.4. The molecule has 4 aliphatic heterocycles. The molecule has 25 nitrogen and oxygen atoms in total. The van der Waals surface area contributed by atoms with E-state index < -0.39 is 41.7 Å². The van der Waals surface area contributed by atoms with Gasteiger partial charge in [0.25, 0.3) is 5.92 Å². The number of aromatic nitrogens is 8. The predicted octanol–water partition coefficient (Wildman–Crippen LogP) is 22.0. The average Bonchev–Trinajstić information content (AvgIpc) is 1.57. The summed E-state index contributed by atoms with van der Waals surface area (Å²) in [5.74, 6) is -3.46. The van der Waals surface area contributed by atoms with Gasteiger partial charge in [-0.15, -0.1) is 0 Å². The lowest BCUT2D eigenvalue weighted by molar-refractivity contribution is -0.150. The molecule has 4 saturated heterocycles. The number of hydrogen-bond acceptors (Lipinski definition) is 17. The summed E-state index contributed by atoms with van der Waals surface area (Å²) in [6, 6.07) is 32.6.